The Morgan fingerprint density at radius 2 is 2.15 bits per heavy atom. The van der Waals surface area contributed by atoms with Gasteiger partial charge in [0, 0.05) is 19.3 Å². The molecule has 4 heteroatoms. The third-order valence-corrected chi connectivity index (χ3v) is 4.88. The number of hydrogen-bond acceptors (Lipinski definition) is 3. The molecule has 4 nitrogen and oxygen atoms in total. The molecule has 3 heterocycles. The number of piperidine rings is 3. The number of carbonyl (C=O) groups excluding carboxylic acids is 1. The zero-order valence-electron chi connectivity index (χ0n) is 12.1. The molecule has 1 aromatic rings. The Morgan fingerprint density at radius 1 is 1.40 bits per heavy atom. The molecule has 20 heavy (non-hydrogen) atoms. The Labute approximate surface area is 120 Å². The number of carbonyl (C=O) groups is 1. The second-order valence-electron chi connectivity index (χ2n) is 6.10. The summed E-state index contributed by atoms with van der Waals surface area (Å²) < 4.78 is 0. The van der Waals surface area contributed by atoms with Crippen LogP contribution in [0.25, 0.3) is 0 Å². The molecule has 0 aromatic heterocycles. The quantitative estimate of drug-likeness (QED) is 0.821. The average molecular weight is 273 g/mol. The van der Waals surface area contributed by atoms with E-state index in [1.807, 2.05) is 12.1 Å². The lowest BCUT2D eigenvalue weighted by atomic mass is 9.76. The fourth-order valence-corrected chi connectivity index (χ4v) is 3.68. The van der Waals surface area contributed by atoms with Gasteiger partial charge in [0.05, 0.1) is 5.56 Å². The van der Waals surface area contributed by atoms with E-state index in [1.54, 1.807) is 7.05 Å². The summed E-state index contributed by atoms with van der Waals surface area (Å²) >= 11 is 0. The van der Waals surface area contributed by atoms with Gasteiger partial charge in [0.2, 0.25) is 0 Å². The smallest absolute Gasteiger partial charge is 0.253 e. The van der Waals surface area contributed by atoms with E-state index in [2.05, 4.69) is 16.3 Å². The van der Waals surface area contributed by atoms with E-state index in [0.29, 0.717) is 11.3 Å². The van der Waals surface area contributed by atoms with Gasteiger partial charge in [-0.3, -0.25) is 4.79 Å². The zero-order valence-corrected chi connectivity index (χ0v) is 12.1. The number of nitrogens with zero attached hydrogens (tertiary/aromatic N) is 1. The molecule has 0 spiro atoms. The lowest BCUT2D eigenvalue weighted by Crippen LogP contribution is -2.48. The van der Waals surface area contributed by atoms with Gasteiger partial charge in [-0.2, -0.15) is 0 Å². The highest BCUT2D eigenvalue weighted by Gasteiger charge is 2.33. The molecule has 3 fully saturated rings. The normalized spacial score (nSPS) is 28.4. The van der Waals surface area contributed by atoms with Gasteiger partial charge < -0.3 is 16.0 Å². The van der Waals surface area contributed by atoms with Crippen molar-refractivity contribution in [2.75, 3.05) is 32.4 Å². The van der Waals surface area contributed by atoms with E-state index < -0.39 is 0 Å². The Bertz CT molecular complexity index is 506. The summed E-state index contributed by atoms with van der Waals surface area (Å²) in [5.41, 5.74) is 8.28. The van der Waals surface area contributed by atoms with Gasteiger partial charge in [0.25, 0.3) is 5.91 Å². The summed E-state index contributed by atoms with van der Waals surface area (Å²) in [4.78, 5) is 14.4. The van der Waals surface area contributed by atoms with Crippen LogP contribution in [0.2, 0.25) is 0 Å². The van der Waals surface area contributed by atoms with Crippen LogP contribution in [0.15, 0.2) is 18.2 Å². The molecule has 1 aromatic carbocycles. The largest absolute Gasteiger partial charge is 0.398 e. The Balaban J connectivity index is 1.76. The fraction of sp³-hybridized carbons (Fsp3) is 0.562. The number of anilines is 1. The summed E-state index contributed by atoms with van der Waals surface area (Å²) in [6.45, 7) is 3.75. The highest BCUT2D eigenvalue weighted by Crippen LogP contribution is 2.34. The number of fused-ring (bicyclic) bond motifs is 3. The van der Waals surface area contributed by atoms with Crippen LogP contribution < -0.4 is 11.1 Å². The predicted molar refractivity (Wildman–Crippen MR) is 80.6 cm³/mol. The molecule has 4 rings (SSSR count). The highest BCUT2D eigenvalue weighted by atomic mass is 16.1. The maximum Gasteiger partial charge on any atom is 0.253 e. The van der Waals surface area contributed by atoms with Crippen LogP contribution in [-0.2, 0) is 6.42 Å². The van der Waals surface area contributed by atoms with Gasteiger partial charge in [-0.05, 0) is 61.9 Å². The maximum absolute atomic E-state index is 11.8. The third kappa shape index (κ3) is 2.52. The first-order valence-electron chi connectivity index (χ1n) is 7.50. The minimum absolute atomic E-state index is 0.0988. The van der Waals surface area contributed by atoms with E-state index in [9.17, 15) is 4.79 Å². The van der Waals surface area contributed by atoms with Crippen LogP contribution in [-0.4, -0.2) is 37.5 Å². The van der Waals surface area contributed by atoms with Crippen molar-refractivity contribution in [1.29, 1.82) is 0 Å². The molecule has 1 atom stereocenters. The SMILES string of the molecule is CNC(=O)c1cc(CC2CN3CCC2CC3)ccc1N. The first-order chi connectivity index (χ1) is 9.67. The summed E-state index contributed by atoms with van der Waals surface area (Å²) in [7, 11) is 1.64. The number of rotatable bonds is 3. The van der Waals surface area contributed by atoms with Crippen LogP contribution in [0.1, 0.15) is 28.8 Å². The standard InChI is InChI=1S/C16H23N3O/c1-18-16(20)14-9-11(2-3-15(14)17)8-13-10-19-6-4-12(13)5-7-19/h2-3,9,12-13H,4-8,10,17H2,1H3,(H,18,20). The molecule has 0 radical (unpaired) electrons. The second-order valence-corrected chi connectivity index (χ2v) is 6.10. The monoisotopic (exact) mass is 273 g/mol. The first-order valence-corrected chi connectivity index (χ1v) is 7.50. The minimum atomic E-state index is -0.0988. The van der Waals surface area contributed by atoms with Crippen LogP contribution >= 0.6 is 0 Å². The lowest BCUT2D eigenvalue weighted by molar-refractivity contribution is 0.0512. The van der Waals surface area contributed by atoms with Crippen molar-refractivity contribution in [1.82, 2.24) is 10.2 Å². The van der Waals surface area contributed by atoms with Crippen LogP contribution in [0.3, 0.4) is 0 Å². The van der Waals surface area contributed by atoms with Gasteiger partial charge in [0.15, 0.2) is 0 Å². The molecular weight excluding hydrogens is 250 g/mol. The highest BCUT2D eigenvalue weighted by molar-refractivity contribution is 5.99. The molecule has 0 aliphatic carbocycles. The van der Waals surface area contributed by atoms with Gasteiger partial charge in [-0.1, -0.05) is 6.07 Å². The van der Waals surface area contributed by atoms with Crippen molar-refractivity contribution in [3.63, 3.8) is 0 Å². The summed E-state index contributed by atoms with van der Waals surface area (Å²) in [6, 6.07) is 5.90. The van der Waals surface area contributed by atoms with E-state index in [-0.39, 0.29) is 5.91 Å². The molecule has 0 saturated carbocycles. The van der Waals surface area contributed by atoms with Crippen LogP contribution in [0.5, 0.6) is 0 Å². The van der Waals surface area contributed by atoms with Crippen LogP contribution in [0.4, 0.5) is 5.69 Å². The van der Waals surface area contributed by atoms with E-state index >= 15 is 0 Å². The number of nitrogen functional groups attached to an aromatic ring is 1. The summed E-state index contributed by atoms with van der Waals surface area (Å²) in [6.07, 6.45) is 3.73. The Kier molecular flexibility index (Phi) is 3.66. The van der Waals surface area contributed by atoms with E-state index in [1.165, 1.54) is 38.0 Å². The van der Waals surface area contributed by atoms with Crippen molar-refractivity contribution in [2.45, 2.75) is 19.3 Å². The molecule has 3 saturated heterocycles. The minimum Gasteiger partial charge on any atom is -0.398 e. The number of benzene rings is 1. The summed E-state index contributed by atoms with van der Waals surface area (Å²) in [5, 5.41) is 2.65. The van der Waals surface area contributed by atoms with E-state index in [0.717, 1.165) is 18.3 Å². The van der Waals surface area contributed by atoms with Gasteiger partial charge in [-0.15, -0.1) is 0 Å². The van der Waals surface area contributed by atoms with Crippen molar-refractivity contribution in [2.24, 2.45) is 11.8 Å². The van der Waals surface area contributed by atoms with E-state index in [4.69, 9.17) is 5.73 Å². The van der Waals surface area contributed by atoms with Crippen molar-refractivity contribution < 1.29 is 4.79 Å². The Morgan fingerprint density at radius 3 is 2.75 bits per heavy atom. The van der Waals surface area contributed by atoms with Crippen molar-refractivity contribution in [3.8, 4) is 0 Å². The lowest BCUT2D eigenvalue weighted by Gasteiger charge is -2.45. The summed E-state index contributed by atoms with van der Waals surface area (Å²) in [5.74, 6) is 1.50. The molecule has 3 aliphatic rings. The van der Waals surface area contributed by atoms with Gasteiger partial charge >= 0.3 is 0 Å². The maximum atomic E-state index is 11.8. The molecule has 2 bridgehead atoms. The number of hydrogen-bond donors (Lipinski definition) is 2. The number of nitrogens with two attached hydrogens (primary N) is 1. The average Bonchev–Trinajstić information content (AvgIpc) is 2.49. The molecule has 108 valence electrons. The van der Waals surface area contributed by atoms with Crippen molar-refractivity contribution >= 4 is 11.6 Å². The molecular formula is C16H23N3O. The number of nitrogens with one attached hydrogen (secondary N) is 1. The number of amides is 1. The molecule has 3 N–H and O–H groups in total. The van der Waals surface area contributed by atoms with Gasteiger partial charge in [-0.25, -0.2) is 0 Å². The molecule has 1 amide bonds. The zero-order chi connectivity index (χ0) is 14.1. The topological polar surface area (TPSA) is 58.4 Å². The second kappa shape index (κ2) is 5.44. The van der Waals surface area contributed by atoms with Gasteiger partial charge in [0.1, 0.15) is 0 Å². The Hall–Kier alpha value is -1.55. The molecule has 3 aliphatic heterocycles. The first kappa shape index (κ1) is 13.4. The van der Waals surface area contributed by atoms with Crippen LogP contribution in [0, 0.1) is 11.8 Å². The third-order valence-electron chi connectivity index (χ3n) is 4.88. The molecule has 1 unspecified atom stereocenters. The van der Waals surface area contributed by atoms with Crippen molar-refractivity contribution in [3.05, 3.63) is 29.3 Å². The predicted octanol–water partition coefficient (Wildman–Crippen LogP) is 1.51. The fourth-order valence-electron chi connectivity index (χ4n) is 3.68.